The molecular weight excluding hydrogens is 252 g/mol. The molecule has 0 bridgehead atoms. The third-order valence-corrected chi connectivity index (χ3v) is 3.44. The molecule has 18 heavy (non-hydrogen) atoms. The molecule has 1 N–H and O–H groups in total. The highest BCUT2D eigenvalue weighted by atomic mass is 35.5. The van der Waals surface area contributed by atoms with Crippen molar-refractivity contribution in [1.29, 1.82) is 0 Å². The quantitative estimate of drug-likeness (QED) is 0.855. The van der Waals surface area contributed by atoms with E-state index in [0.29, 0.717) is 28.9 Å². The zero-order chi connectivity index (χ0) is 13.7. The number of ether oxygens (including phenoxy) is 2. The second-order valence-corrected chi connectivity index (χ2v) is 4.91. The van der Waals surface area contributed by atoms with Crippen LogP contribution < -0.4 is 9.47 Å². The molecule has 0 radical (unpaired) electrons. The van der Waals surface area contributed by atoms with Crippen LogP contribution in [0.5, 0.6) is 11.5 Å². The summed E-state index contributed by atoms with van der Waals surface area (Å²) in [7, 11) is 3.10. The topological polar surface area (TPSA) is 38.7 Å². The lowest BCUT2D eigenvalue weighted by Gasteiger charge is -2.18. The number of halogens is 1. The van der Waals surface area contributed by atoms with Gasteiger partial charge in [0.15, 0.2) is 11.5 Å². The van der Waals surface area contributed by atoms with Gasteiger partial charge in [-0.1, -0.05) is 31.9 Å². The van der Waals surface area contributed by atoms with Crippen molar-refractivity contribution >= 4 is 11.6 Å². The van der Waals surface area contributed by atoms with Crippen molar-refractivity contribution in [3.63, 3.8) is 0 Å². The Morgan fingerprint density at radius 2 is 1.94 bits per heavy atom. The van der Waals surface area contributed by atoms with E-state index in [1.165, 1.54) is 0 Å². The molecule has 0 aliphatic rings. The first kappa shape index (κ1) is 15.1. The van der Waals surface area contributed by atoms with Gasteiger partial charge in [0.2, 0.25) is 0 Å². The van der Waals surface area contributed by atoms with Crippen molar-refractivity contribution in [2.24, 2.45) is 5.92 Å². The summed E-state index contributed by atoms with van der Waals surface area (Å²) in [6.07, 6.45) is 1.22. The Morgan fingerprint density at radius 3 is 2.44 bits per heavy atom. The molecule has 0 saturated heterocycles. The molecule has 1 aromatic carbocycles. The summed E-state index contributed by atoms with van der Waals surface area (Å²) in [6, 6.07) is 3.51. The maximum absolute atomic E-state index is 10.2. The van der Waals surface area contributed by atoms with Crippen molar-refractivity contribution in [1.82, 2.24) is 0 Å². The highest BCUT2D eigenvalue weighted by molar-refractivity contribution is 6.32. The molecule has 4 heteroatoms. The highest BCUT2D eigenvalue weighted by Crippen LogP contribution is 2.38. The van der Waals surface area contributed by atoms with Crippen LogP contribution in [0.4, 0.5) is 0 Å². The first-order valence-corrected chi connectivity index (χ1v) is 6.50. The van der Waals surface area contributed by atoms with Crippen LogP contribution in [0.2, 0.25) is 5.02 Å². The third-order valence-electron chi connectivity index (χ3n) is 3.16. The molecule has 3 nitrogen and oxygen atoms in total. The van der Waals surface area contributed by atoms with E-state index in [4.69, 9.17) is 21.1 Å². The Hall–Kier alpha value is -0.930. The van der Waals surface area contributed by atoms with Crippen LogP contribution in [0.1, 0.15) is 38.4 Å². The molecule has 2 atom stereocenters. The van der Waals surface area contributed by atoms with Crippen molar-refractivity contribution in [2.75, 3.05) is 14.2 Å². The maximum Gasteiger partial charge on any atom is 0.179 e. The molecule has 1 rings (SSSR count). The molecule has 0 saturated carbocycles. The van der Waals surface area contributed by atoms with Crippen molar-refractivity contribution in [3.8, 4) is 11.5 Å². The minimum Gasteiger partial charge on any atom is -0.493 e. The van der Waals surface area contributed by atoms with E-state index in [1.807, 2.05) is 0 Å². The van der Waals surface area contributed by atoms with Crippen molar-refractivity contribution < 1.29 is 14.6 Å². The van der Waals surface area contributed by atoms with Crippen LogP contribution in [0.15, 0.2) is 12.1 Å². The van der Waals surface area contributed by atoms with Crippen LogP contribution in [0.3, 0.4) is 0 Å². The summed E-state index contributed by atoms with van der Waals surface area (Å²) in [5, 5.41) is 10.6. The van der Waals surface area contributed by atoms with Crippen LogP contribution in [-0.4, -0.2) is 19.3 Å². The first-order valence-electron chi connectivity index (χ1n) is 6.12. The standard InChI is InChI=1S/C14H21ClO3/c1-5-9(2)6-12(16)10-7-11(15)14(18-4)13(8-10)17-3/h7-9,12,16H,5-6H2,1-4H3. The van der Waals surface area contributed by atoms with Crippen LogP contribution in [0.25, 0.3) is 0 Å². The number of benzene rings is 1. The Labute approximate surface area is 114 Å². The van der Waals surface area contributed by atoms with Gasteiger partial charge in [0.1, 0.15) is 0 Å². The zero-order valence-corrected chi connectivity index (χ0v) is 12.1. The average molecular weight is 273 g/mol. The smallest absolute Gasteiger partial charge is 0.179 e. The summed E-state index contributed by atoms with van der Waals surface area (Å²) in [5.74, 6) is 1.51. The summed E-state index contributed by atoms with van der Waals surface area (Å²) in [4.78, 5) is 0. The molecule has 0 aliphatic carbocycles. The van der Waals surface area contributed by atoms with Gasteiger partial charge in [-0.15, -0.1) is 0 Å². The predicted molar refractivity (Wildman–Crippen MR) is 73.6 cm³/mol. The van der Waals surface area contributed by atoms with E-state index in [0.717, 1.165) is 12.0 Å². The summed E-state index contributed by atoms with van der Waals surface area (Å²) in [5.41, 5.74) is 0.762. The van der Waals surface area contributed by atoms with Gasteiger partial charge < -0.3 is 14.6 Å². The summed E-state index contributed by atoms with van der Waals surface area (Å²) in [6.45, 7) is 4.23. The van der Waals surface area contributed by atoms with E-state index in [1.54, 1.807) is 26.4 Å². The first-order chi connectivity index (χ1) is 8.53. The van der Waals surface area contributed by atoms with Gasteiger partial charge in [0.05, 0.1) is 25.3 Å². The average Bonchev–Trinajstić information content (AvgIpc) is 2.37. The molecule has 102 valence electrons. The normalized spacial score (nSPS) is 14.1. The fraction of sp³-hybridized carbons (Fsp3) is 0.571. The Morgan fingerprint density at radius 1 is 1.28 bits per heavy atom. The third kappa shape index (κ3) is 3.53. The van der Waals surface area contributed by atoms with E-state index in [9.17, 15) is 5.11 Å². The molecule has 2 unspecified atom stereocenters. The zero-order valence-electron chi connectivity index (χ0n) is 11.4. The van der Waals surface area contributed by atoms with Crippen LogP contribution in [-0.2, 0) is 0 Å². The number of rotatable bonds is 6. The van der Waals surface area contributed by atoms with Crippen molar-refractivity contribution in [2.45, 2.75) is 32.8 Å². The monoisotopic (exact) mass is 272 g/mol. The van der Waals surface area contributed by atoms with Gasteiger partial charge in [-0.2, -0.15) is 0 Å². The molecule has 0 amide bonds. The van der Waals surface area contributed by atoms with Gasteiger partial charge in [-0.25, -0.2) is 0 Å². The molecule has 0 heterocycles. The van der Waals surface area contributed by atoms with Crippen LogP contribution in [0, 0.1) is 5.92 Å². The van der Waals surface area contributed by atoms with Gasteiger partial charge >= 0.3 is 0 Å². The van der Waals surface area contributed by atoms with Gasteiger partial charge in [0.25, 0.3) is 0 Å². The molecule has 0 aliphatic heterocycles. The minimum atomic E-state index is -0.530. The van der Waals surface area contributed by atoms with Gasteiger partial charge in [0, 0.05) is 0 Å². The lowest BCUT2D eigenvalue weighted by atomic mass is 9.96. The predicted octanol–water partition coefficient (Wildman–Crippen LogP) is 3.83. The minimum absolute atomic E-state index is 0.454. The lowest BCUT2D eigenvalue weighted by molar-refractivity contribution is 0.146. The number of hydrogen-bond donors (Lipinski definition) is 1. The Kier molecular flexibility index (Phi) is 5.76. The number of methoxy groups -OCH3 is 2. The summed E-state index contributed by atoms with van der Waals surface area (Å²) < 4.78 is 10.4. The fourth-order valence-electron chi connectivity index (χ4n) is 1.81. The second-order valence-electron chi connectivity index (χ2n) is 4.50. The van der Waals surface area contributed by atoms with E-state index in [-0.39, 0.29) is 0 Å². The molecule has 0 fully saturated rings. The number of aliphatic hydroxyl groups is 1. The van der Waals surface area contributed by atoms with Crippen molar-refractivity contribution in [3.05, 3.63) is 22.7 Å². The van der Waals surface area contributed by atoms with E-state index in [2.05, 4.69) is 13.8 Å². The van der Waals surface area contributed by atoms with E-state index < -0.39 is 6.10 Å². The van der Waals surface area contributed by atoms with Crippen LogP contribution >= 0.6 is 11.6 Å². The van der Waals surface area contributed by atoms with E-state index >= 15 is 0 Å². The fourth-order valence-corrected chi connectivity index (χ4v) is 2.11. The Balaban J connectivity index is 3.00. The van der Waals surface area contributed by atoms with Gasteiger partial charge in [-0.3, -0.25) is 0 Å². The Bertz CT molecular complexity index is 393. The molecule has 0 aromatic heterocycles. The second kappa shape index (κ2) is 6.86. The largest absolute Gasteiger partial charge is 0.493 e. The van der Waals surface area contributed by atoms with Gasteiger partial charge in [-0.05, 0) is 30.0 Å². The molecule has 1 aromatic rings. The number of aliphatic hydroxyl groups excluding tert-OH is 1. The molecule has 0 spiro atoms. The molecular formula is C14H21ClO3. The maximum atomic E-state index is 10.2. The highest BCUT2D eigenvalue weighted by Gasteiger charge is 2.17. The summed E-state index contributed by atoms with van der Waals surface area (Å²) >= 11 is 6.11. The number of hydrogen-bond acceptors (Lipinski definition) is 3. The SMILES string of the molecule is CCC(C)CC(O)c1cc(Cl)c(OC)c(OC)c1. The lowest BCUT2D eigenvalue weighted by Crippen LogP contribution is -2.04.